The number of aromatic nitrogens is 2. The molecule has 0 N–H and O–H groups in total. The van der Waals surface area contributed by atoms with Gasteiger partial charge in [0.2, 0.25) is 5.78 Å². The molecule has 0 fully saturated rings. The van der Waals surface area contributed by atoms with E-state index in [9.17, 15) is 4.79 Å². The molecule has 0 saturated heterocycles. The van der Waals surface area contributed by atoms with Crippen molar-refractivity contribution in [1.82, 2.24) is 9.97 Å². The summed E-state index contributed by atoms with van der Waals surface area (Å²) >= 11 is 5.71. The fourth-order valence-electron chi connectivity index (χ4n) is 1.35. The van der Waals surface area contributed by atoms with Crippen molar-refractivity contribution >= 4 is 17.4 Å². The van der Waals surface area contributed by atoms with Crippen LogP contribution < -0.4 is 0 Å². The lowest BCUT2D eigenvalue weighted by atomic mass is 10.1. The molecule has 2 heterocycles. The summed E-state index contributed by atoms with van der Waals surface area (Å²) in [5.74, 6) is -0.137. The molecule has 0 unspecified atom stereocenters. The van der Waals surface area contributed by atoms with Crippen molar-refractivity contribution in [1.29, 1.82) is 0 Å². The Labute approximate surface area is 98.1 Å². The third-order valence-corrected chi connectivity index (χ3v) is 2.47. The molecule has 0 aliphatic heterocycles. The molecule has 3 nitrogen and oxygen atoms in total. The molecule has 80 valence electrons. The Hall–Kier alpha value is -1.74. The van der Waals surface area contributed by atoms with Crippen molar-refractivity contribution < 1.29 is 4.79 Å². The van der Waals surface area contributed by atoms with Crippen molar-refractivity contribution in [2.75, 3.05) is 0 Å². The Morgan fingerprint density at radius 3 is 2.69 bits per heavy atom. The van der Waals surface area contributed by atoms with Gasteiger partial charge in [0.25, 0.3) is 0 Å². The van der Waals surface area contributed by atoms with E-state index in [-0.39, 0.29) is 5.78 Å². The van der Waals surface area contributed by atoms with Gasteiger partial charge in [-0.3, -0.25) is 14.8 Å². The van der Waals surface area contributed by atoms with Gasteiger partial charge in [0.1, 0.15) is 5.69 Å². The smallest absolute Gasteiger partial charge is 0.213 e. The first-order valence-electron chi connectivity index (χ1n) is 4.75. The van der Waals surface area contributed by atoms with Crippen LogP contribution in [-0.4, -0.2) is 15.8 Å². The summed E-state index contributed by atoms with van der Waals surface area (Å²) in [5.41, 5.74) is 1.83. The van der Waals surface area contributed by atoms with E-state index in [1.807, 2.05) is 6.92 Å². The van der Waals surface area contributed by atoms with Gasteiger partial charge in [-0.1, -0.05) is 11.6 Å². The molecular formula is C12H9ClN2O. The zero-order valence-corrected chi connectivity index (χ0v) is 9.40. The van der Waals surface area contributed by atoms with Crippen molar-refractivity contribution in [3.05, 3.63) is 58.6 Å². The highest BCUT2D eigenvalue weighted by atomic mass is 35.5. The lowest BCUT2D eigenvalue weighted by Gasteiger charge is -2.02. The lowest BCUT2D eigenvalue weighted by molar-refractivity contribution is 0.103. The second-order valence-corrected chi connectivity index (χ2v) is 3.82. The number of hydrogen-bond donors (Lipinski definition) is 0. The molecule has 0 aliphatic rings. The van der Waals surface area contributed by atoms with Crippen LogP contribution in [0, 0.1) is 6.92 Å². The Balaban J connectivity index is 2.40. The first kappa shape index (κ1) is 10.8. The molecule has 2 aromatic rings. The van der Waals surface area contributed by atoms with Crippen molar-refractivity contribution in [2.24, 2.45) is 0 Å². The van der Waals surface area contributed by atoms with Crippen molar-refractivity contribution in [2.45, 2.75) is 6.92 Å². The maximum Gasteiger partial charge on any atom is 0.213 e. The van der Waals surface area contributed by atoms with Crippen LogP contribution in [0.4, 0.5) is 0 Å². The number of aryl methyl sites for hydroxylation is 1. The maximum absolute atomic E-state index is 12.0. The van der Waals surface area contributed by atoms with Crippen LogP contribution in [0.1, 0.15) is 21.6 Å². The summed E-state index contributed by atoms with van der Waals surface area (Å²) in [6, 6.07) is 5.05. The highest BCUT2D eigenvalue weighted by Gasteiger charge is 2.12. The van der Waals surface area contributed by atoms with Gasteiger partial charge in [-0.25, -0.2) is 0 Å². The Morgan fingerprint density at radius 2 is 2.06 bits per heavy atom. The summed E-state index contributed by atoms with van der Waals surface area (Å²) < 4.78 is 0. The zero-order valence-electron chi connectivity index (χ0n) is 8.64. The number of halogens is 1. The second kappa shape index (κ2) is 4.41. The molecule has 16 heavy (non-hydrogen) atoms. The molecule has 2 aromatic heterocycles. The van der Waals surface area contributed by atoms with Crippen LogP contribution in [0.2, 0.25) is 5.02 Å². The fourth-order valence-corrected chi connectivity index (χ4v) is 1.46. The van der Waals surface area contributed by atoms with E-state index < -0.39 is 0 Å². The minimum absolute atomic E-state index is 0.137. The van der Waals surface area contributed by atoms with Crippen LogP contribution in [0.3, 0.4) is 0 Å². The molecule has 0 amide bonds. The van der Waals surface area contributed by atoms with Gasteiger partial charge < -0.3 is 0 Å². The van der Waals surface area contributed by atoms with Gasteiger partial charge in [-0.2, -0.15) is 0 Å². The molecule has 0 radical (unpaired) electrons. The van der Waals surface area contributed by atoms with E-state index in [2.05, 4.69) is 9.97 Å². The van der Waals surface area contributed by atoms with Crippen LogP contribution in [0.5, 0.6) is 0 Å². The minimum atomic E-state index is -0.137. The van der Waals surface area contributed by atoms with E-state index >= 15 is 0 Å². The standard InChI is InChI=1S/C12H9ClN2O/c1-8-4-5-14-7-10(8)12(16)11-3-2-9(13)6-15-11/h2-7H,1H3. The fraction of sp³-hybridized carbons (Fsp3) is 0.0833. The Morgan fingerprint density at radius 1 is 1.25 bits per heavy atom. The van der Waals surface area contributed by atoms with Crippen LogP contribution in [0.15, 0.2) is 36.8 Å². The molecule has 2 rings (SSSR count). The zero-order chi connectivity index (χ0) is 11.5. The van der Waals surface area contributed by atoms with Gasteiger partial charge >= 0.3 is 0 Å². The summed E-state index contributed by atoms with van der Waals surface area (Å²) in [6.07, 6.45) is 4.66. The average molecular weight is 233 g/mol. The third-order valence-electron chi connectivity index (χ3n) is 2.24. The first-order valence-corrected chi connectivity index (χ1v) is 5.13. The maximum atomic E-state index is 12.0. The number of nitrogens with zero attached hydrogens (tertiary/aromatic N) is 2. The number of carbonyl (C=O) groups excluding carboxylic acids is 1. The number of carbonyl (C=O) groups is 1. The normalized spacial score (nSPS) is 10.1. The van der Waals surface area contributed by atoms with E-state index in [0.717, 1.165) is 5.56 Å². The van der Waals surface area contributed by atoms with E-state index in [1.165, 1.54) is 6.20 Å². The quantitative estimate of drug-likeness (QED) is 0.748. The highest BCUT2D eigenvalue weighted by Crippen LogP contribution is 2.13. The molecule has 0 spiro atoms. The molecule has 0 atom stereocenters. The molecule has 0 aliphatic carbocycles. The number of rotatable bonds is 2. The summed E-state index contributed by atoms with van der Waals surface area (Å²) in [7, 11) is 0. The molecule has 4 heteroatoms. The first-order chi connectivity index (χ1) is 7.68. The highest BCUT2D eigenvalue weighted by molar-refractivity contribution is 6.30. The van der Waals surface area contributed by atoms with Crippen molar-refractivity contribution in [3.63, 3.8) is 0 Å². The number of pyridine rings is 2. The van der Waals surface area contributed by atoms with E-state index in [0.29, 0.717) is 16.3 Å². The van der Waals surface area contributed by atoms with Crippen molar-refractivity contribution in [3.8, 4) is 0 Å². The van der Waals surface area contributed by atoms with Crippen LogP contribution in [-0.2, 0) is 0 Å². The molecule has 0 bridgehead atoms. The predicted molar refractivity (Wildman–Crippen MR) is 61.7 cm³/mol. The second-order valence-electron chi connectivity index (χ2n) is 3.38. The van der Waals surface area contributed by atoms with E-state index in [4.69, 9.17) is 11.6 Å². The van der Waals surface area contributed by atoms with Gasteiger partial charge in [-0.05, 0) is 30.7 Å². The SMILES string of the molecule is Cc1ccncc1C(=O)c1ccc(Cl)cn1. The molecule has 0 saturated carbocycles. The number of ketones is 1. The van der Waals surface area contributed by atoms with Gasteiger partial charge in [-0.15, -0.1) is 0 Å². The predicted octanol–water partition coefficient (Wildman–Crippen LogP) is 2.67. The summed E-state index contributed by atoms with van der Waals surface area (Å²) in [5, 5.41) is 0.513. The van der Waals surface area contributed by atoms with Gasteiger partial charge in [0.05, 0.1) is 5.02 Å². The number of hydrogen-bond acceptors (Lipinski definition) is 3. The molecular weight excluding hydrogens is 224 g/mol. The van der Waals surface area contributed by atoms with Gasteiger partial charge in [0, 0.05) is 24.2 Å². The van der Waals surface area contributed by atoms with Gasteiger partial charge in [0.15, 0.2) is 0 Å². The van der Waals surface area contributed by atoms with Crippen LogP contribution >= 0.6 is 11.6 Å². The Bertz CT molecular complexity index is 523. The Kier molecular flexibility index (Phi) is 2.97. The van der Waals surface area contributed by atoms with Crippen LogP contribution in [0.25, 0.3) is 0 Å². The average Bonchev–Trinajstić information content (AvgIpc) is 2.30. The molecule has 0 aromatic carbocycles. The largest absolute Gasteiger partial charge is 0.287 e. The van der Waals surface area contributed by atoms with E-state index in [1.54, 1.807) is 30.6 Å². The summed E-state index contributed by atoms with van der Waals surface area (Å²) in [4.78, 5) is 20.0. The lowest BCUT2D eigenvalue weighted by Crippen LogP contribution is -2.06. The third kappa shape index (κ3) is 2.09. The topological polar surface area (TPSA) is 42.9 Å². The monoisotopic (exact) mass is 232 g/mol. The summed E-state index contributed by atoms with van der Waals surface area (Å²) in [6.45, 7) is 1.87. The minimum Gasteiger partial charge on any atom is -0.287 e.